The standard InChI is InChI=1S/C11H11N3O2/c12-8-9-1-2-13-10(7-9)11(15)14-3-5-16-6-4-14/h1-2,7H,3-6H2. The van der Waals surface area contributed by atoms with Crippen LogP contribution in [0.4, 0.5) is 0 Å². The topological polar surface area (TPSA) is 66.2 Å². The minimum Gasteiger partial charge on any atom is -0.378 e. The molecule has 1 aliphatic heterocycles. The number of morpholine rings is 1. The Hall–Kier alpha value is -1.93. The van der Waals surface area contributed by atoms with Crippen LogP contribution in [-0.4, -0.2) is 42.1 Å². The Morgan fingerprint density at radius 1 is 1.50 bits per heavy atom. The second kappa shape index (κ2) is 4.73. The highest BCUT2D eigenvalue weighted by molar-refractivity contribution is 5.92. The van der Waals surface area contributed by atoms with Gasteiger partial charge in [-0.2, -0.15) is 5.26 Å². The Morgan fingerprint density at radius 3 is 2.94 bits per heavy atom. The summed E-state index contributed by atoms with van der Waals surface area (Å²) in [6.07, 6.45) is 1.48. The van der Waals surface area contributed by atoms with Crippen molar-refractivity contribution >= 4 is 5.91 Å². The zero-order chi connectivity index (χ0) is 11.4. The molecule has 0 bridgehead atoms. The molecule has 0 radical (unpaired) electrons. The molecule has 5 nitrogen and oxygen atoms in total. The van der Waals surface area contributed by atoms with Crippen molar-refractivity contribution in [1.29, 1.82) is 5.26 Å². The van der Waals surface area contributed by atoms with Crippen LogP contribution in [0.2, 0.25) is 0 Å². The number of hydrogen-bond donors (Lipinski definition) is 0. The van der Waals surface area contributed by atoms with Gasteiger partial charge in [0, 0.05) is 19.3 Å². The van der Waals surface area contributed by atoms with E-state index < -0.39 is 0 Å². The number of pyridine rings is 1. The predicted octanol–water partition coefficient (Wildman–Crippen LogP) is 0.426. The molecule has 1 aromatic heterocycles. The summed E-state index contributed by atoms with van der Waals surface area (Å²) < 4.78 is 5.16. The maximum absolute atomic E-state index is 12.0. The summed E-state index contributed by atoms with van der Waals surface area (Å²) >= 11 is 0. The number of rotatable bonds is 1. The smallest absolute Gasteiger partial charge is 0.272 e. The Morgan fingerprint density at radius 2 is 2.25 bits per heavy atom. The van der Waals surface area contributed by atoms with Gasteiger partial charge in [0.1, 0.15) is 5.69 Å². The third kappa shape index (κ3) is 2.18. The number of amides is 1. The van der Waals surface area contributed by atoms with Crippen LogP contribution in [0.15, 0.2) is 18.3 Å². The fourth-order valence-corrected chi connectivity index (χ4v) is 1.55. The minimum atomic E-state index is -0.139. The van der Waals surface area contributed by atoms with E-state index in [0.29, 0.717) is 37.6 Å². The van der Waals surface area contributed by atoms with Gasteiger partial charge in [-0.3, -0.25) is 9.78 Å². The average molecular weight is 217 g/mol. The zero-order valence-electron chi connectivity index (χ0n) is 8.72. The Balaban J connectivity index is 2.16. The van der Waals surface area contributed by atoms with Gasteiger partial charge in [0.2, 0.25) is 0 Å². The zero-order valence-corrected chi connectivity index (χ0v) is 8.72. The van der Waals surface area contributed by atoms with Crippen LogP contribution in [0, 0.1) is 11.3 Å². The SMILES string of the molecule is N#Cc1ccnc(C(=O)N2CCOCC2)c1. The molecule has 0 saturated carbocycles. The number of hydrogen-bond acceptors (Lipinski definition) is 4. The van der Waals surface area contributed by atoms with Gasteiger partial charge in [-0.15, -0.1) is 0 Å². The summed E-state index contributed by atoms with van der Waals surface area (Å²) in [5.74, 6) is -0.139. The van der Waals surface area contributed by atoms with E-state index in [9.17, 15) is 4.79 Å². The molecule has 0 aromatic carbocycles. The fraction of sp³-hybridized carbons (Fsp3) is 0.364. The summed E-state index contributed by atoms with van der Waals surface area (Å²) in [6.45, 7) is 2.28. The molecule has 0 unspecified atom stereocenters. The highest BCUT2D eigenvalue weighted by Crippen LogP contribution is 2.06. The van der Waals surface area contributed by atoms with Crippen molar-refractivity contribution in [3.63, 3.8) is 0 Å². The van der Waals surface area contributed by atoms with Crippen LogP contribution >= 0.6 is 0 Å². The lowest BCUT2D eigenvalue weighted by Gasteiger charge is -2.26. The van der Waals surface area contributed by atoms with Crippen molar-refractivity contribution in [3.05, 3.63) is 29.6 Å². The lowest BCUT2D eigenvalue weighted by molar-refractivity contribution is 0.0299. The number of carbonyl (C=O) groups excluding carboxylic acids is 1. The number of aromatic nitrogens is 1. The Bertz CT molecular complexity index is 433. The molecule has 0 N–H and O–H groups in total. The van der Waals surface area contributed by atoms with Crippen LogP contribution < -0.4 is 0 Å². The minimum absolute atomic E-state index is 0.139. The van der Waals surface area contributed by atoms with Crippen LogP contribution in [-0.2, 0) is 4.74 Å². The molecule has 82 valence electrons. The van der Waals surface area contributed by atoms with Gasteiger partial charge < -0.3 is 9.64 Å². The molecule has 1 aromatic rings. The third-order valence-electron chi connectivity index (χ3n) is 2.41. The molecular formula is C11H11N3O2. The van der Waals surface area contributed by atoms with Crippen molar-refractivity contribution in [2.75, 3.05) is 26.3 Å². The van der Waals surface area contributed by atoms with Gasteiger partial charge in [-0.25, -0.2) is 0 Å². The molecular weight excluding hydrogens is 206 g/mol. The molecule has 0 atom stereocenters. The predicted molar refractivity (Wildman–Crippen MR) is 55.7 cm³/mol. The maximum atomic E-state index is 12.0. The molecule has 1 fully saturated rings. The molecule has 0 aliphatic carbocycles. The molecule has 0 spiro atoms. The van der Waals surface area contributed by atoms with E-state index in [1.165, 1.54) is 12.3 Å². The maximum Gasteiger partial charge on any atom is 0.272 e. The lowest BCUT2D eigenvalue weighted by atomic mass is 10.2. The number of ether oxygens (including phenoxy) is 1. The molecule has 2 rings (SSSR count). The molecule has 1 amide bonds. The Kier molecular flexibility index (Phi) is 3.13. The molecule has 1 saturated heterocycles. The van der Waals surface area contributed by atoms with E-state index in [4.69, 9.17) is 10.00 Å². The van der Waals surface area contributed by atoms with Crippen molar-refractivity contribution < 1.29 is 9.53 Å². The normalized spacial score (nSPS) is 15.6. The van der Waals surface area contributed by atoms with Crippen molar-refractivity contribution in [2.24, 2.45) is 0 Å². The summed E-state index contributed by atoms with van der Waals surface area (Å²) in [5, 5.41) is 8.73. The van der Waals surface area contributed by atoms with Gasteiger partial charge in [0.25, 0.3) is 5.91 Å². The first-order chi connectivity index (χ1) is 7.81. The average Bonchev–Trinajstić information content (AvgIpc) is 2.39. The van der Waals surface area contributed by atoms with Crippen molar-refractivity contribution in [3.8, 4) is 6.07 Å². The summed E-state index contributed by atoms with van der Waals surface area (Å²) in [4.78, 5) is 17.6. The van der Waals surface area contributed by atoms with E-state index in [-0.39, 0.29) is 5.91 Å². The lowest BCUT2D eigenvalue weighted by Crippen LogP contribution is -2.41. The van der Waals surface area contributed by atoms with E-state index in [1.807, 2.05) is 6.07 Å². The Labute approximate surface area is 93.3 Å². The quantitative estimate of drug-likeness (QED) is 0.684. The first-order valence-corrected chi connectivity index (χ1v) is 5.04. The number of nitriles is 1. The summed E-state index contributed by atoms with van der Waals surface area (Å²) in [5.41, 5.74) is 0.771. The summed E-state index contributed by atoms with van der Waals surface area (Å²) in [6, 6.07) is 5.08. The van der Waals surface area contributed by atoms with E-state index in [0.717, 1.165) is 0 Å². The van der Waals surface area contributed by atoms with Gasteiger partial charge in [-0.1, -0.05) is 0 Å². The van der Waals surface area contributed by atoms with E-state index in [2.05, 4.69) is 4.98 Å². The highest BCUT2D eigenvalue weighted by Gasteiger charge is 2.19. The van der Waals surface area contributed by atoms with Crippen LogP contribution in [0.1, 0.15) is 16.1 Å². The first kappa shape index (κ1) is 10.6. The first-order valence-electron chi connectivity index (χ1n) is 5.04. The largest absolute Gasteiger partial charge is 0.378 e. The molecule has 5 heteroatoms. The summed E-state index contributed by atoms with van der Waals surface area (Å²) in [7, 11) is 0. The monoisotopic (exact) mass is 217 g/mol. The number of nitrogens with zero attached hydrogens (tertiary/aromatic N) is 3. The second-order valence-corrected chi connectivity index (χ2v) is 3.45. The van der Waals surface area contributed by atoms with Gasteiger partial charge >= 0.3 is 0 Å². The van der Waals surface area contributed by atoms with Gasteiger partial charge in [0.05, 0.1) is 24.8 Å². The van der Waals surface area contributed by atoms with Crippen molar-refractivity contribution in [2.45, 2.75) is 0 Å². The van der Waals surface area contributed by atoms with E-state index >= 15 is 0 Å². The van der Waals surface area contributed by atoms with Crippen LogP contribution in [0.3, 0.4) is 0 Å². The highest BCUT2D eigenvalue weighted by atomic mass is 16.5. The van der Waals surface area contributed by atoms with E-state index in [1.54, 1.807) is 11.0 Å². The molecule has 16 heavy (non-hydrogen) atoms. The van der Waals surface area contributed by atoms with Gasteiger partial charge in [-0.05, 0) is 12.1 Å². The molecule has 2 heterocycles. The van der Waals surface area contributed by atoms with Crippen LogP contribution in [0.25, 0.3) is 0 Å². The van der Waals surface area contributed by atoms with Crippen LogP contribution in [0.5, 0.6) is 0 Å². The van der Waals surface area contributed by atoms with Gasteiger partial charge in [0.15, 0.2) is 0 Å². The van der Waals surface area contributed by atoms with Crippen molar-refractivity contribution in [1.82, 2.24) is 9.88 Å². The molecule has 1 aliphatic rings. The number of carbonyl (C=O) groups is 1. The third-order valence-corrected chi connectivity index (χ3v) is 2.41. The second-order valence-electron chi connectivity index (χ2n) is 3.45. The fourth-order valence-electron chi connectivity index (χ4n) is 1.55.